The minimum atomic E-state index is -1.10. The Labute approximate surface area is 470 Å². The first-order chi connectivity index (χ1) is 37.8. The quantitative estimate of drug-likeness (QED) is 0.0968. The number of nitrogens with zero attached hydrogens (tertiary/aromatic N) is 8. The standard InChI is InChI=1S/C18H16ClN3O.C17H15ClN4O.C10H17NO4.C7H6ClNO2.C5H6N2/c19-14-8-3-9-15-16(14)18(23)22(13-7-4-10-20-11-13)17(21-15)12-5-1-2-6-12;18-12-5-1-6-13-15(12)17(23)22(11-4-2-8-19-10-11)16(21-13)14-7-3-9-20-14;1-10(2,3)15-9(14)11-6-4-5-7(11)8(12)13;8-4-2-1-3-5(9)6(4)7(10)11;6-5-2-1-3-7-4-5/h3-4,7-12H,1-2,5-6H2;1-2,4-6,8,10,14,20H,3,7,9H2;7H,4-6H2,1-3H3,(H,12,13);1-3H,9H2,(H,10,11);1-4H,6H2/t;14-;;;/m.0.../s1. The lowest BCUT2D eigenvalue weighted by atomic mass is 10.1. The molecular formula is C57H60Cl3N11O8. The summed E-state index contributed by atoms with van der Waals surface area (Å²) in [6.45, 7) is 6.68. The minimum absolute atomic E-state index is 0.0332. The summed E-state index contributed by atoms with van der Waals surface area (Å²) in [7, 11) is 0. The number of benzene rings is 3. The van der Waals surface area contributed by atoms with Crippen LogP contribution in [0.3, 0.4) is 0 Å². The van der Waals surface area contributed by atoms with Gasteiger partial charge in [-0.3, -0.25) is 38.6 Å². The first-order valence-corrected chi connectivity index (χ1v) is 26.6. The number of halogens is 3. The zero-order valence-electron chi connectivity index (χ0n) is 43.6. The lowest BCUT2D eigenvalue weighted by Gasteiger charge is -2.26. The maximum atomic E-state index is 13.1. The van der Waals surface area contributed by atoms with Crippen LogP contribution in [0.2, 0.25) is 15.1 Å². The number of hydrogen-bond acceptors (Lipinski definition) is 14. The molecule has 3 fully saturated rings. The predicted octanol–water partition coefficient (Wildman–Crippen LogP) is 10.7. The maximum Gasteiger partial charge on any atom is 0.411 e. The molecule has 0 radical (unpaired) electrons. The van der Waals surface area contributed by atoms with Crippen molar-refractivity contribution in [3.05, 3.63) is 181 Å². The van der Waals surface area contributed by atoms with Crippen LogP contribution in [0, 0.1) is 0 Å². The van der Waals surface area contributed by atoms with Gasteiger partial charge < -0.3 is 31.7 Å². The van der Waals surface area contributed by atoms with Crippen molar-refractivity contribution in [2.75, 3.05) is 24.6 Å². The van der Waals surface area contributed by atoms with Crippen molar-refractivity contribution in [1.29, 1.82) is 0 Å². The lowest BCUT2D eigenvalue weighted by Crippen LogP contribution is -2.43. The molecule has 79 heavy (non-hydrogen) atoms. The molecule has 412 valence electrons. The molecule has 7 heterocycles. The molecule has 0 spiro atoms. The van der Waals surface area contributed by atoms with E-state index in [1.807, 2.05) is 48.5 Å². The Hall–Kier alpha value is -7.97. The van der Waals surface area contributed by atoms with Crippen molar-refractivity contribution in [2.45, 2.75) is 95.7 Å². The second-order valence-corrected chi connectivity index (χ2v) is 20.7. The summed E-state index contributed by atoms with van der Waals surface area (Å²) in [5, 5.41) is 22.8. The zero-order valence-corrected chi connectivity index (χ0v) is 45.9. The van der Waals surface area contributed by atoms with Crippen molar-refractivity contribution in [3.63, 3.8) is 0 Å². The number of nitrogens with two attached hydrogens (primary N) is 2. The Balaban J connectivity index is 0.000000151. The lowest BCUT2D eigenvalue weighted by molar-refractivity contribution is -0.142. The number of hydrogen-bond donors (Lipinski definition) is 5. The van der Waals surface area contributed by atoms with Gasteiger partial charge in [-0.1, -0.05) is 65.8 Å². The summed E-state index contributed by atoms with van der Waals surface area (Å²) in [6, 6.07) is 25.7. The largest absolute Gasteiger partial charge is 0.480 e. The average molecular weight is 1130 g/mol. The molecule has 3 aliphatic rings. The van der Waals surface area contributed by atoms with Gasteiger partial charge in [-0.2, -0.15) is 0 Å². The number of aromatic nitrogens is 7. The Morgan fingerprint density at radius 1 is 0.646 bits per heavy atom. The molecule has 8 aromatic rings. The topological polar surface area (TPSA) is 277 Å². The first kappa shape index (κ1) is 58.7. The van der Waals surface area contributed by atoms with Gasteiger partial charge in [0.25, 0.3) is 11.1 Å². The number of pyridine rings is 3. The highest BCUT2D eigenvalue weighted by Gasteiger charge is 2.36. The third-order valence-electron chi connectivity index (χ3n) is 12.8. The van der Waals surface area contributed by atoms with E-state index in [1.54, 1.807) is 97.4 Å². The Bertz CT molecular complexity index is 3350. The summed E-state index contributed by atoms with van der Waals surface area (Å²) >= 11 is 18.1. The van der Waals surface area contributed by atoms with E-state index in [1.165, 1.54) is 29.9 Å². The summed E-state index contributed by atoms with van der Waals surface area (Å²) < 4.78 is 8.45. The highest BCUT2D eigenvalue weighted by atomic mass is 35.5. The van der Waals surface area contributed by atoms with E-state index in [-0.39, 0.29) is 33.4 Å². The number of nitrogen functional groups attached to an aromatic ring is 2. The van der Waals surface area contributed by atoms with E-state index < -0.39 is 29.7 Å². The SMILES string of the molecule is CC(C)(C)OC(=O)N1CCCC1C(=O)O.Nc1cccc(Cl)c1C(=O)O.Nc1cccnc1.O=c1c2c(Cl)cccc2nc(C2CCCC2)n1-c1cccnc1.O=c1c2c(Cl)cccc2nc([C@@H]2CCCN2)n1-c1cccnc1. The maximum absolute atomic E-state index is 13.1. The Morgan fingerprint density at radius 2 is 1.18 bits per heavy atom. The van der Waals surface area contributed by atoms with Gasteiger partial charge in [0.2, 0.25) is 0 Å². The number of nitrogens with one attached hydrogen (secondary N) is 1. The van der Waals surface area contributed by atoms with Crippen LogP contribution in [-0.4, -0.2) is 91.9 Å². The third kappa shape index (κ3) is 15.0. The molecule has 22 heteroatoms. The number of carbonyl (C=O) groups is 3. The van der Waals surface area contributed by atoms with Gasteiger partial charge in [-0.05, 0) is 139 Å². The van der Waals surface area contributed by atoms with Crippen LogP contribution in [0.5, 0.6) is 0 Å². The molecule has 5 aromatic heterocycles. The molecule has 19 nitrogen and oxygen atoms in total. The van der Waals surface area contributed by atoms with Gasteiger partial charge in [0.15, 0.2) is 0 Å². The number of rotatable bonds is 6. The minimum Gasteiger partial charge on any atom is -0.480 e. The Morgan fingerprint density at radius 3 is 1.62 bits per heavy atom. The van der Waals surface area contributed by atoms with Crippen molar-refractivity contribution in [1.82, 2.24) is 44.3 Å². The normalized spacial score (nSPS) is 15.8. The van der Waals surface area contributed by atoms with Gasteiger partial charge in [-0.15, -0.1) is 0 Å². The van der Waals surface area contributed by atoms with E-state index in [4.69, 9.17) is 71.2 Å². The zero-order chi connectivity index (χ0) is 56.8. The van der Waals surface area contributed by atoms with E-state index in [2.05, 4.69) is 20.3 Å². The van der Waals surface area contributed by atoms with Crippen molar-refractivity contribution >= 4 is 86.0 Å². The van der Waals surface area contributed by atoms with Gasteiger partial charge in [-0.25, -0.2) is 24.4 Å². The molecule has 1 amide bonds. The third-order valence-corrected chi connectivity index (χ3v) is 13.7. The smallest absolute Gasteiger partial charge is 0.411 e. The highest BCUT2D eigenvalue weighted by molar-refractivity contribution is 6.35. The summed E-state index contributed by atoms with van der Waals surface area (Å²) in [6.07, 6.45) is 17.3. The summed E-state index contributed by atoms with van der Waals surface area (Å²) in [5.74, 6) is -0.205. The number of amides is 1. The van der Waals surface area contributed by atoms with Crippen molar-refractivity contribution in [2.24, 2.45) is 0 Å². The fourth-order valence-corrected chi connectivity index (χ4v) is 9.95. The molecule has 1 aliphatic carbocycles. The van der Waals surface area contributed by atoms with E-state index in [0.717, 1.165) is 56.0 Å². The van der Waals surface area contributed by atoms with Crippen LogP contribution in [0.1, 0.15) is 106 Å². The van der Waals surface area contributed by atoms with Crippen molar-refractivity contribution in [3.8, 4) is 11.4 Å². The molecule has 7 N–H and O–H groups in total. The first-order valence-electron chi connectivity index (χ1n) is 25.5. The number of anilines is 2. The molecule has 0 bridgehead atoms. The number of likely N-dealkylation sites (tertiary alicyclic amines) is 1. The number of carbonyl (C=O) groups excluding carboxylic acids is 1. The highest BCUT2D eigenvalue weighted by Crippen LogP contribution is 2.35. The molecule has 2 saturated heterocycles. The van der Waals surface area contributed by atoms with Crippen molar-refractivity contribution < 1.29 is 29.3 Å². The Kier molecular flexibility index (Phi) is 20.1. The number of carboxylic acids is 2. The van der Waals surface area contributed by atoms with Crippen LogP contribution < -0.4 is 27.9 Å². The van der Waals surface area contributed by atoms with Crippen LogP contribution >= 0.6 is 34.8 Å². The predicted molar refractivity (Wildman–Crippen MR) is 307 cm³/mol. The molecule has 2 aliphatic heterocycles. The fraction of sp³-hybridized carbons (Fsp3) is 0.298. The summed E-state index contributed by atoms with van der Waals surface area (Å²) in [4.78, 5) is 82.1. The number of fused-ring (bicyclic) bond motifs is 2. The van der Waals surface area contributed by atoms with Gasteiger partial charge >= 0.3 is 18.0 Å². The molecule has 11 rings (SSSR count). The number of ether oxygens (including phenoxy) is 1. The molecule has 1 saturated carbocycles. The van der Waals surface area contributed by atoms with Gasteiger partial charge in [0.05, 0.1) is 72.4 Å². The van der Waals surface area contributed by atoms with Crippen LogP contribution in [0.4, 0.5) is 16.2 Å². The average Bonchev–Trinajstić information content (AvgIpc) is 4.31. The number of aliphatic carboxylic acids is 1. The van der Waals surface area contributed by atoms with Gasteiger partial charge in [0, 0.05) is 42.9 Å². The van der Waals surface area contributed by atoms with Crippen LogP contribution in [0.25, 0.3) is 33.2 Å². The monoisotopic (exact) mass is 1130 g/mol. The molecule has 3 aromatic carbocycles. The van der Waals surface area contributed by atoms with Gasteiger partial charge in [0.1, 0.15) is 28.9 Å². The molecule has 1 unspecified atom stereocenters. The van der Waals surface area contributed by atoms with E-state index in [9.17, 15) is 24.0 Å². The number of carboxylic acid groups (broad SMARTS) is 2. The number of aromatic carboxylic acids is 1. The van der Waals surface area contributed by atoms with Crippen LogP contribution in [0.15, 0.2) is 138 Å². The summed E-state index contributed by atoms with van der Waals surface area (Å²) in [5.41, 5.74) is 13.4. The van der Waals surface area contributed by atoms with E-state index >= 15 is 0 Å². The second kappa shape index (κ2) is 27.1. The molecule has 2 atom stereocenters. The van der Waals surface area contributed by atoms with E-state index in [0.29, 0.717) is 62.1 Å². The molecular weight excluding hydrogens is 1070 g/mol. The fourth-order valence-electron chi connectivity index (χ4n) is 9.19. The second-order valence-electron chi connectivity index (χ2n) is 19.5. The van der Waals surface area contributed by atoms with Crippen LogP contribution in [-0.2, 0) is 9.53 Å².